The molecule has 0 atom stereocenters. The lowest BCUT2D eigenvalue weighted by atomic mass is 10.1. The lowest BCUT2D eigenvalue weighted by Gasteiger charge is -2.13. The summed E-state index contributed by atoms with van der Waals surface area (Å²) in [6, 6.07) is 4.94. The molecule has 1 amide bonds. The van der Waals surface area contributed by atoms with Crippen LogP contribution in [0.4, 0.5) is 4.79 Å². The molecule has 0 aliphatic heterocycles. The summed E-state index contributed by atoms with van der Waals surface area (Å²) in [6.07, 6.45) is -0.543. The highest BCUT2D eigenvalue weighted by Crippen LogP contribution is 2.21. The van der Waals surface area contributed by atoms with Gasteiger partial charge in [0.05, 0.1) is 7.11 Å². The second-order valence-electron chi connectivity index (χ2n) is 3.75. The van der Waals surface area contributed by atoms with Gasteiger partial charge in [0.15, 0.2) is 0 Å². The SMILES string of the molecule is COC(=O)c1cc(C)ccc1OC(=O)N(C)C. The molecule has 0 bridgehead atoms. The maximum absolute atomic E-state index is 11.5. The molecule has 1 aromatic carbocycles. The molecular weight excluding hydrogens is 222 g/mol. The highest BCUT2D eigenvalue weighted by molar-refractivity contribution is 5.93. The fraction of sp³-hybridized carbons (Fsp3) is 0.333. The zero-order chi connectivity index (χ0) is 13.0. The molecule has 1 aromatic rings. The van der Waals surface area contributed by atoms with Crippen LogP contribution >= 0.6 is 0 Å². The standard InChI is InChI=1S/C12H15NO4/c1-8-5-6-10(17-12(15)13(2)3)9(7-8)11(14)16-4/h5-7H,1-4H3. The van der Waals surface area contributed by atoms with Crippen LogP contribution in [0.3, 0.4) is 0 Å². The Morgan fingerprint density at radius 3 is 2.41 bits per heavy atom. The summed E-state index contributed by atoms with van der Waals surface area (Å²) < 4.78 is 9.70. The fourth-order valence-corrected chi connectivity index (χ4v) is 1.19. The Labute approximate surface area is 99.9 Å². The normalized spacial score (nSPS) is 9.65. The minimum Gasteiger partial charge on any atom is -0.465 e. The Hall–Kier alpha value is -2.04. The van der Waals surface area contributed by atoms with E-state index < -0.39 is 12.1 Å². The van der Waals surface area contributed by atoms with E-state index in [9.17, 15) is 9.59 Å². The van der Waals surface area contributed by atoms with E-state index >= 15 is 0 Å². The Bertz CT molecular complexity index is 440. The number of amides is 1. The lowest BCUT2D eigenvalue weighted by Crippen LogP contribution is -2.26. The van der Waals surface area contributed by atoms with Gasteiger partial charge in [0.2, 0.25) is 0 Å². The van der Waals surface area contributed by atoms with Crippen LogP contribution in [0.5, 0.6) is 5.75 Å². The van der Waals surface area contributed by atoms with Gasteiger partial charge in [-0.2, -0.15) is 0 Å². The molecule has 0 radical (unpaired) electrons. The Morgan fingerprint density at radius 1 is 1.24 bits per heavy atom. The Morgan fingerprint density at radius 2 is 1.88 bits per heavy atom. The third-order valence-corrected chi connectivity index (χ3v) is 2.10. The Balaban J connectivity index is 3.06. The molecule has 17 heavy (non-hydrogen) atoms. The summed E-state index contributed by atoms with van der Waals surface area (Å²) in [6.45, 7) is 1.84. The van der Waals surface area contributed by atoms with Gasteiger partial charge in [-0.15, -0.1) is 0 Å². The molecule has 92 valence electrons. The van der Waals surface area contributed by atoms with E-state index in [0.29, 0.717) is 0 Å². The van der Waals surface area contributed by atoms with Gasteiger partial charge in [0.1, 0.15) is 11.3 Å². The summed E-state index contributed by atoms with van der Waals surface area (Å²) in [4.78, 5) is 24.2. The van der Waals surface area contributed by atoms with Crippen molar-refractivity contribution >= 4 is 12.1 Å². The number of nitrogens with zero attached hydrogens (tertiary/aromatic N) is 1. The van der Waals surface area contributed by atoms with Crippen LogP contribution in [0, 0.1) is 6.92 Å². The number of hydrogen-bond acceptors (Lipinski definition) is 4. The van der Waals surface area contributed by atoms with Crippen LogP contribution in [0.2, 0.25) is 0 Å². The van der Waals surface area contributed by atoms with Gasteiger partial charge in [-0.3, -0.25) is 0 Å². The first-order valence-electron chi connectivity index (χ1n) is 5.03. The molecule has 0 N–H and O–H groups in total. The number of carbonyl (C=O) groups is 2. The van der Waals surface area contributed by atoms with E-state index in [2.05, 4.69) is 4.74 Å². The van der Waals surface area contributed by atoms with Gasteiger partial charge < -0.3 is 14.4 Å². The Kier molecular flexibility index (Phi) is 4.09. The first-order valence-corrected chi connectivity index (χ1v) is 5.03. The summed E-state index contributed by atoms with van der Waals surface area (Å²) in [5.74, 6) is -0.337. The maximum atomic E-state index is 11.5. The molecule has 5 nitrogen and oxygen atoms in total. The third-order valence-electron chi connectivity index (χ3n) is 2.10. The summed E-state index contributed by atoms with van der Waals surface area (Å²) in [7, 11) is 4.41. The van der Waals surface area contributed by atoms with Crippen molar-refractivity contribution in [1.82, 2.24) is 4.90 Å². The van der Waals surface area contributed by atoms with Crippen molar-refractivity contribution in [2.24, 2.45) is 0 Å². The summed E-state index contributed by atoms with van der Waals surface area (Å²) in [5, 5.41) is 0. The van der Waals surface area contributed by atoms with Crippen LogP contribution in [0.15, 0.2) is 18.2 Å². The van der Waals surface area contributed by atoms with Crippen LogP contribution in [0.1, 0.15) is 15.9 Å². The average Bonchev–Trinajstić information content (AvgIpc) is 2.30. The van der Waals surface area contributed by atoms with Gasteiger partial charge >= 0.3 is 12.1 Å². The molecule has 0 aromatic heterocycles. The minimum absolute atomic E-state index is 0.196. The summed E-state index contributed by atoms with van der Waals surface area (Å²) in [5.41, 5.74) is 1.12. The van der Waals surface area contributed by atoms with Gasteiger partial charge in [-0.05, 0) is 24.6 Å². The molecular formula is C12H15NO4. The van der Waals surface area contributed by atoms with Crippen molar-refractivity contribution in [1.29, 1.82) is 0 Å². The van der Waals surface area contributed by atoms with E-state index in [1.807, 2.05) is 6.92 Å². The summed E-state index contributed by atoms with van der Waals surface area (Å²) >= 11 is 0. The smallest absolute Gasteiger partial charge is 0.414 e. The first-order chi connectivity index (χ1) is 7.95. The highest BCUT2D eigenvalue weighted by atomic mass is 16.6. The minimum atomic E-state index is -0.543. The van der Waals surface area contributed by atoms with Crippen LogP contribution in [-0.4, -0.2) is 38.2 Å². The van der Waals surface area contributed by atoms with E-state index in [0.717, 1.165) is 5.56 Å². The predicted octanol–water partition coefficient (Wildman–Crippen LogP) is 1.84. The van der Waals surface area contributed by atoms with E-state index in [1.165, 1.54) is 12.0 Å². The second-order valence-corrected chi connectivity index (χ2v) is 3.75. The van der Waals surface area contributed by atoms with Crippen molar-refractivity contribution in [3.05, 3.63) is 29.3 Å². The molecule has 0 unspecified atom stereocenters. The van der Waals surface area contributed by atoms with Crippen molar-refractivity contribution in [2.45, 2.75) is 6.92 Å². The lowest BCUT2D eigenvalue weighted by molar-refractivity contribution is 0.0597. The van der Waals surface area contributed by atoms with Crippen molar-refractivity contribution < 1.29 is 19.1 Å². The molecule has 0 saturated carbocycles. The number of esters is 1. The van der Waals surface area contributed by atoms with Gasteiger partial charge in [-0.25, -0.2) is 9.59 Å². The molecule has 0 aliphatic rings. The van der Waals surface area contributed by atoms with Crippen molar-refractivity contribution in [3.63, 3.8) is 0 Å². The highest BCUT2D eigenvalue weighted by Gasteiger charge is 2.16. The average molecular weight is 237 g/mol. The van der Waals surface area contributed by atoms with E-state index in [4.69, 9.17) is 4.74 Å². The molecule has 0 heterocycles. The first kappa shape index (κ1) is 13.0. The molecule has 0 saturated heterocycles. The zero-order valence-corrected chi connectivity index (χ0v) is 10.3. The van der Waals surface area contributed by atoms with Crippen molar-refractivity contribution in [3.8, 4) is 5.75 Å². The fourth-order valence-electron chi connectivity index (χ4n) is 1.19. The third kappa shape index (κ3) is 3.21. The zero-order valence-electron chi connectivity index (χ0n) is 10.3. The van der Waals surface area contributed by atoms with Crippen LogP contribution in [-0.2, 0) is 4.74 Å². The molecule has 5 heteroatoms. The molecule has 0 aliphatic carbocycles. The number of methoxy groups -OCH3 is 1. The monoisotopic (exact) mass is 237 g/mol. The predicted molar refractivity (Wildman–Crippen MR) is 62.2 cm³/mol. The second kappa shape index (κ2) is 5.34. The van der Waals surface area contributed by atoms with E-state index in [-0.39, 0.29) is 11.3 Å². The number of rotatable bonds is 2. The van der Waals surface area contributed by atoms with Crippen LogP contribution < -0.4 is 4.74 Å². The van der Waals surface area contributed by atoms with Gasteiger partial charge in [-0.1, -0.05) is 6.07 Å². The largest absolute Gasteiger partial charge is 0.465 e. The number of ether oxygens (including phenoxy) is 2. The number of carbonyl (C=O) groups excluding carboxylic acids is 2. The molecule has 0 fully saturated rings. The number of aryl methyl sites for hydroxylation is 1. The molecule has 1 rings (SSSR count). The maximum Gasteiger partial charge on any atom is 0.414 e. The van der Waals surface area contributed by atoms with Crippen LogP contribution in [0.25, 0.3) is 0 Å². The van der Waals surface area contributed by atoms with Gasteiger partial charge in [0.25, 0.3) is 0 Å². The number of benzene rings is 1. The number of hydrogen-bond donors (Lipinski definition) is 0. The van der Waals surface area contributed by atoms with Crippen molar-refractivity contribution in [2.75, 3.05) is 21.2 Å². The quantitative estimate of drug-likeness (QED) is 0.736. The topological polar surface area (TPSA) is 55.8 Å². The molecule has 0 spiro atoms. The van der Waals surface area contributed by atoms with Gasteiger partial charge in [0, 0.05) is 14.1 Å². The van der Waals surface area contributed by atoms with E-state index in [1.54, 1.807) is 32.3 Å².